The van der Waals surface area contributed by atoms with E-state index in [1.165, 1.54) is 10.8 Å². The van der Waals surface area contributed by atoms with Gasteiger partial charge in [-0.05, 0) is 31.2 Å². The van der Waals surface area contributed by atoms with Crippen LogP contribution in [0.5, 0.6) is 0 Å². The zero-order valence-corrected chi connectivity index (χ0v) is 14.1. The van der Waals surface area contributed by atoms with Crippen LogP contribution >= 0.6 is 0 Å². The molecule has 1 aromatic carbocycles. The SMILES string of the molecule is Cc1c(C(=O)Nc2ccc3c(c2)oc(=O)n3C)cnn1-c1ccccn1. The molecule has 1 N–H and O–H groups in total. The molecule has 0 unspecified atom stereocenters. The maximum atomic E-state index is 12.6. The van der Waals surface area contributed by atoms with Gasteiger partial charge in [0.1, 0.15) is 0 Å². The first-order valence-electron chi connectivity index (χ1n) is 7.91. The van der Waals surface area contributed by atoms with Crippen LogP contribution in [0.1, 0.15) is 16.1 Å². The highest BCUT2D eigenvalue weighted by atomic mass is 16.4. The lowest BCUT2D eigenvalue weighted by molar-refractivity contribution is 0.102. The largest absolute Gasteiger partial charge is 0.419 e. The molecular formula is C18H15N5O3. The Morgan fingerprint density at radius 2 is 2.08 bits per heavy atom. The van der Waals surface area contributed by atoms with Crippen molar-refractivity contribution in [2.45, 2.75) is 6.92 Å². The van der Waals surface area contributed by atoms with Crippen molar-refractivity contribution >= 4 is 22.7 Å². The second-order valence-corrected chi connectivity index (χ2v) is 5.81. The molecule has 4 aromatic rings. The Kier molecular flexibility index (Phi) is 3.65. The number of carbonyl (C=O) groups excluding carboxylic acids is 1. The molecule has 0 saturated carbocycles. The third kappa shape index (κ3) is 2.57. The standard InChI is InChI=1S/C18H15N5O3/c1-11-13(10-20-23(11)16-5-3-4-8-19-16)17(24)21-12-6-7-14-15(9-12)26-18(25)22(14)2/h3-10H,1-2H3,(H,21,24). The highest BCUT2D eigenvalue weighted by Gasteiger charge is 2.16. The van der Waals surface area contributed by atoms with Crippen LogP contribution in [0.15, 0.2) is 58.0 Å². The topological polar surface area (TPSA) is 95.0 Å². The summed E-state index contributed by atoms with van der Waals surface area (Å²) in [5, 5.41) is 7.04. The average molecular weight is 349 g/mol. The van der Waals surface area contributed by atoms with Crippen molar-refractivity contribution in [3.8, 4) is 5.82 Å². The Morgan fingerprint density at radius 1 is 1.23 bits per heavy atom. The van der Waals surface area contributed by atoms with Crippen molar-refractivity contribution in [1.29, 1.82) is 0 Å². The van der Waals surface area contributed by atoms with Crippen LogP contribution in [0.25, 0.3) is 16.9 Å². The molecule has 0 atom stereocenters. The van der Waals surface area contributed by atoms with E-state index in [2.05, 4.69) is 15.4 Å². The van der Waals surface area contributed by atoms with E-state index in [4.69, 9.17) is 4.42 Å². The Hall–Kier alpha value is -3.68. The van der Waals surface area contributed by atoms with Crippen molar-refractivity contribution in [3.63, 3.8) is 0 Å². The van der Waals surface area contributed by atoms with E-state index in [1.54, 1.807) is 43.0 Å². The van der Waals surface area contributed by atoms with Gasteiger partial charge >= 0.3 is 5.76 Å². The van der Waals surface area contributed by atoms with E-state index in [0.29, 0.717) is 33.9 Å². The molecule has 8 heteroatoms. The van der Waals surface area contributed by atoms with Crippen molar-refractivity contribution in [3.05, 3.63) is 70.6 Å². The molecule has 3 aromatic heterocycles. The highest BCUT2D eigenvalue weighted by molar-refractivity contribution is 6.05. The van der Waals surface area contributed by atoms with Gasteiger partial charge in [-0.3, -0.25) is 9.36 Å². The monoisotopic (exact) mass is 349 g/mol. The van der Waals surface area contributed by atoms with Crippen LogP contribution in [0, 0.1) is 6.92 Å². The molecule has 3 heterocycles. The zero-order chi connectivity index (χ0) is 18.3. The summed E-state index contributed by atoms with van der Waals surface area (Å²) in [6.45, 7) is 1.80. The molecule has 8 nitrogen and oxygen atoms in total. The molecule has 0 aliphatic heterocycles. The lowest BCUT2D eigenvalue weighted by atomic mass is 10.2. The van der Waals surface area contributed by atoms with E-state index in [9.17, 15) is 9.59 Å². The van der Waals surface area contributed by atoms with Crippen molar-refractivity contribution in [1.82, 2.24) is 19.3 Å². The van der Waals surface area contributed by atoms with Gasteiger partial charge in [0, 0.05) is 25.0 Å². The molecule has 26 heavy (non-hydrogen) atoms. The lowest BCUT2D eigenvalue weighted by Gasteiger charge is -2.06. The Labute approximate surface area is 147 Å². The van der Waals surface area contributed by atoms with Gasteiger partial charge in [0.05, 0.1) is 23.0 Å². The molecule has 1 amide bonds. The minimum Gasteiger partial charge on any atom is -0.408 e. The van der Waals surface area contributed by atoms with E-state index in [1.807, 2.05) is 18.2 Å². The summed E-state index contributed by atoms with van der Waals surface area (Å²) < 4.78 is 8.15. The second-order valence-electron chi connectivity index (χ2n) is 5.81. The molecule has 0 spiro atoms. The maximum Gasteiger partial charge on any atom is 0.419 e. The van der Waals surface area contributed by atoms with Crippen LogP contribution < -0.4 is 11.1 Å². The summed E-state index contributed by atoms with van der Waals surface area (Å²) >= 11 is 0. The summed E-state index contributed by atoms with van der Waals surface area (Å²) in [5.41, 5.74) is 2.71. The number of pyridine rings is 1. The fraction of sp³-hybridized carbons (Fsp3) is 0.111. The molecule has 0 aliphatic carbocycles. The van der Waals surface area contributed by atoms with Crippen molar-refractivity contribution in [2.24, 2.45) is 7.05 Å². The number of rotatable bonds is 3. The van der Waals surface area contributed by atoms with Crippen molar-refractivity contribution < 1.29 is 9.21 Å². The number of nitrogens with one attached hydrogen (secondary N) is 1. The summed E-state index contributed by atoms with van der Waals surface area (Å²) in [6.07, 6.45) is 3.17. The van der Waals surface area contributed by atoms with Gasteiger partial charge in [0.25, 0.3) is 5.91 Å². The van der Waals surface area contributed by atoms with Gasteiger partial charge in [-0.1, -0.05) is 6.07 Å². The predicted molar refractivity (Wildman–Crippen MR) is 95.5 cm³/mol. The number of fused-ring (bicyclic) bond motifs is 1. The van der Waals surface area contributed by atoms with Crippen LogP contribution in [-0.2, 0) is 7.05 Å². The number of benzene rings is 1. The fourth-order valence-corrected chi connectivity index (χ4v) is 2.75. The lowest BCUT2D eigenvalue weighted by Crippen LogP contribution is -2.13. The van der Waals surface area contributed by atoms with Crippen molar-refractivity contribution in [2.75, 3.05) is 5.32 Å². The smallest absolute Gasteiger partial charge is 0.408 e. The third-order valence-corrected chi connectivity index (χ3v) is 4.17. The number of carbonyl (C=O) groups is 1. The number of anilines is 1. The normalized spacial score (nSPS) is 11.0. The first-order valence-corrected chi connectivity index (χ1v) is 7.91. The second kappa shape index (κ2) is 5.99. The van der Waals surface area contributed by atoms with Gasteiger partial charge < -0.3 is 9.73 Å². The Balaban J connectivity index is 1.63. The number of nitrogens with zero attached hydrogens (tertiary/aromatic N) is 4. The first kappa shape index (κ1) is 15.8. The number of oxazole rings is 1. The van der Waals surface area contributed by atoms with Crippen LogP contribution in [0.4, 0.5) is 5.69 Å². The average Bonchev–Trinajstić information content (AvgIpc) is 3.16. The van der Waals surface area contributed by atoms with Gasteiger partial charge in [0.15, 0.2) is 11.4 Å². The summed E-state index contributed by atoms with van der Waals surface area (Å²) in [5.74, 6) is -0.116. The van der Waals surface area contributed by atoms with Gasteiger partial charge in [-0.2, -0.15) is 5.10 Å². The summed E-state index contributed by atoms with van der Waals surface area (Å²) in [6, 6.07) is 10.5. The third-order valence-electron chi connectivity index (χ3n) is 4.17. The minimum absolute atomic E-state index is 0.303. The number of hydrogen-bond acceptors (Lipinski definition) is 5. The number of amides is 1. The molecule has 4 rings (SSSR count). The molecule has 0 fully saturated rings. The minimum atomic E-state index is -0.448. The predicted octanol–water partition coefficient (Wildman–Crippen LogP) is 2.27. The van der Waals surface area contributed by atoms with E-state index >= 15 is 0 Å². The quantitative estimate of drug-likeness (QED) is 0.612. The van der Waals surface area contributed by atoms with Crippen LogP contribution in [-0.4, -0.2) is 25.2 Å². The molecular weight excluding hydrogens is 334 g/mol. The molecule has 0 saturated heterocycles. The number of aromatic nitrogens is 4. The van der Waals surface area contributed by atoms with E-state index in [-0.39, 0.29) is 5.91 Å². The van der Waals surface area contributed by atoms with Gasteiger partial charge in [-0.25, -0.2) is 14.5 Å². The van der Waals surface area contributed by atoms with Crippen LogP contribution in [0.3, 0.4) is 0 Å². The molecule has 130 valence electrons. The summed E-state index contributed by atoms with van der Waals surface area (Å²) in [4.78, 5) is 28.4. The Bertz CT molecular complexity index is 1170. The molecule has 0 radical (unpaired) electrons. The van der Waals surface area contributed by atoms with E-state index < -0.39 is 5.76 Å². The van der Waals surface area contributed by atoms with Crippen LogP contribution in [0.2, 0.25) is 0 Å². The molecule has 0 bridgehead atoms. The van der Waals surface area contributed by atoms with E-state index in [0.717, 1.165) is 0 Å². The zero-order valence-electron chi connectivity index (χ0n) is 14.1. The van der Waals surface area contributed by atoms with Gasteiger partial charge in [-0.15, -0.1) is 0 Å². The fourth-order valence-electron chi connectivity index (χ4n) is 2.75. The maximum absolute atomic E-state index is 12.6. The van der Waals surface area contributed by atoms with Gasteiger partial charge in [0.2, 0.25) is 0 Å². The first-order chi connectivity index (χ1) is 12.5. The molecule has 0 aliphatic rings. The number of aryl methyl sites for hydroxylation is 1. The number of hydrogen-bond donors (Lipinski definition) is 1. The summed E-state index contributed by atoms with van der Waals surface area (Å²) in [7, 11) is 1.63. The Morgan fingerprint density at radius 3 is 2.85 bits per heavy atom. The highest BCUT2D eigenvalue weighted by Crippen LogP contribution is 2.19.